The monoisotopic (exact) mass is 477 g/mol. The molecule has 2 aliphatic heterocycles. The maximum Gasteiger partial charge on any atom is 0.247 e. The topological polar surface area (TPSA) is 97.3 Å². The summed E-state index contributed by atoms with van der Waals surface area (Å²) in [6, 6.07) is 6.81. The highest BCUT2D eigenvalue weighted by Crippen LogP contribution is 2.32. The molecule has 10 nitrogen and oxygen atoms in total. The normalized spacial score (nSPS) is 17.8. The zero-order valence-electron chi connectivity index (χ0n) is 19.1. The van der Waals surface area contributed by atoms with Crippen LogP contribution in [0, 0.1) is 0 Å². The van der Waals surface area contributed by atoms with Crippen LogP contribution in [0.4, 0.5) is 11.8 Å². The standard InChI is InChI=1S/C22H31N5O5S/c1-3-31-18-5-6-19(32-4-2)20(17-18)33(28,29)27-11-9-25(10-12-27)21-7-8-23-22(24-21)26-13-15-30-16-14-26/h5-8,17H,3-4,9-16H2,1-2H3. The van der Waals surface area contributed by atoms with Crippen LogP contribution in [0.25, 0.3) is 0 Å². The van der Waals surface area contributed by atoms with E-state index in [9.17, 15) is 8.42 Å². The quantitative estimate of drug-likeness (QED) is 0.562. The van der Waals surface area contributed by atoms with Gasteiger partial charge in [0, 0.05) is 51.5 Å². The number of morpholine rings is 1. The highest BCUT2D eigenvalue weighted by Gasteiger charge is 2.32. The van der Waals surface area contributed by atoms with E-state index in [0.717, 1.165) is 18.9 Å². The first-order valence-electron chi connectivity index (χ1n) is 11.3. The number of piperazine rings is 1. The number of rotatable bonds is 8. The molecule has 0 aliphatic carbocycles. The van der Waals surface area contributed by atoms with Crippen molar-refractivity contribution < 1.29 is 22.6 Å². The lowest BCUT2D eigenvalue weighted by Gasteiger charge is -2.35. The Hall–Kier alpha value is -2.63. The fraction of sp³-hybridized carbons (Fsp3) is 0.545. The van der Waals surface area contributed by atoms with Crippen LogP contribution in [0.2, 0.25) is 0 Å². The summed E-state index contributed by atoms with van der Waals surface area (Å²) in [5.41, 5.74) is 0. The molecule has 0 atom stereocenters. The molecule has 0 saturated carbocycles. The van der Waals surface area contributed by atoms with Gasteiger partial charge in [0.25, 0.3) is 0 Å². The minimum absolute atomic E-state index is 0.139. The van der Waals surface area contributed by atoms with Gasteiger partial charge in [-0.15, -0.1) is 0 Å². The van der Waals surface area contributed by atoms with E-state index >= 15 is 0 Å². The van der Waals surface area contributed by atoms with Gasteiger partial charge in [-0.1, -0.05) is 0 Å². The fourth-order valence-corrected chi connectivity index (χ4v) is 5.52. The molecule has 3 heterocycles. The summed E-state index contributed by atoms with van der Waals surface area (Å²) in [5.74, 6) is 2.33. The van der Waals surface area contributed by atoms with E-state index in [1.54, 1.807) is 24.4 Å². The Morgan fingerprint density at radius 1 is 0.939 bits per heavy atom. The van der Waals surface area contributed by atoms with Crippen LogP contribution in [-0.4, -0.2) is 88.4 Å². The molecule has 0 amide bonds. The van der Waals surface area contributed by atoms with Gasteiger partial charge in [-0.2, -0.15) is 9.29 Å². The van der Waals surface area contributed by atoms with Gasteiger partial charge in [0.1, 0.15) is 22.2 Å². The summed E-state index contributed by atoms with van der Waals surface area (Å²) in [6.45, 7) is 9.16. The summed E-state index contributed by atoms with van der Waals surface area (Å²) in [5, 5.41) is 0. The lowest BCUT2D eigenvalue weighted by Crippen LogP contribution is -2.49. The van der Waals surface area contributed by atoms with Crippen LogP contribution in [0.15, 0.2) is 35.4 Å². The van der Waals surface area contributed by atoms with Crippen molar-refractivity contribution in [2.75, 3.05) is 75.5 Å². The van der Waals surface area contributed by atoms with E-state index in [1.165, 1.54) is 4.31 Å². The van der Waals surface area contributed by atoms with Crippen LogP contribution < -0.4 is 19.3 Å². The summed E-state index contributed by atoms with van der Waals surface area (Å²) >= 11 is 0. The van der Waals surface area contributed by atoms with Crippen LogP contribution in [0.3, 0.4) is 0 Å². The van der Waals surface area contributed by atoms with Crippen molar-refractivity contribution in [1.29, 1.82) is 0 Å². The number of benzene rings is 1. The van der Waals surface area contributed by atoms with Crippen molar-refractivity contribution in [3.8, 4) is 11.5 Å². The zero-order valence-corrected chi connectivity index (χ0v) is 20.0. The van der Waals surface area contributed by atoms with Gasteiger partial charge in [0.2, 0.25) is 16.0 Å². The summed E-state index contributed by atoms with van der Waals surface area (Å²) in [4.78, 5) is 13.5. The maximum absolute atomic E-state index is 13.5. The second kappa shape index (κ2) is 10.5. The highest BCUT2D eigenvalue weighted by atomic mass is 32.2. The first-order valence-corrected chi connectivity index (χ1v) is 12.8. The third kappa shape index (κ3) is 5.31. The minimum atomic E-state index is -3.74. The van der Waals surface area contributed by atoms with Crippen molar-refractivity contribution in [2.24, 2.45) is 0 Å². The number of hydrogen-bond acceptors (Lipinski definition) is 9. The molecule has 1 aromatic carbocycles. The van der Waals surface area contributed by atoms with E-state index in [2.05, 4.69) is 14.8 Å². The summed E-state index contributed by atoms with van der Waals surface area (Å²) in [7, 11) is -3.74. The van der Waals surface area contributed by atoms with Gasteiger partial charge >= 0.3 is 0 Å². The molecule has 0 spiro atoms. The molecule has 1 aromatic heterocycles. The van der Waals surface area contributed by atoms with Gasteiger partial charge in [0.05, 0.1) is 26.4 Å². The number of nitrogens with zero attached hydrogens (tertiary/aromatic N) is 5. The van der Waals surface area contributed by atoms with Crippen molar-refractivity contribution in [3.63, 3.8) is 0 Å². The molecule has 4 rings (SSSR count). The second-order valence-corrected chi connectivity index (χ2v) is 9.59. The van der Waals surface area contributed by atoms with Crippen molar-refractivity contribution in [1.82, 2.24) is 14.3 Å². The molecule has 2 fully saturated rings. The van der Waals surface area contributed by atoms with E-state index in [-0.39, 0.29) is 4.90 Å². The Bertz CT molecular complexity index is 1040. The molecule has 0 bridgehead atoms. The van der Waals surface area contributed by atoms with Crippen LogP contribution in [0.1, 0.15) is 13.8 Å². The summed E-state index contributed by atoms with van der Waals surface area (Å²) in [6.07, 6.45) is 1.75. The molecular formula is C22H31N5O5S. The molecule has 11 heteroatoms. The van der Waals surface area contributed by atoms with Gasteiger partial charge in [-0.3, -0.25) is 0 Å². The largest absolute Gasteiger partial charge is 0.494 e. The van der Waals surface area contributed by atoms with Gasteiger partial charge in [-0.05, 0) is 32.0 Å². The molecule has 2 saturated heterocycles. The third-order valence-electron chi connectivity index (χ3n) is 5.63. The maximum atomic E-state index is 13.5. The van der Waals surface area contributed by atoms with Crippen molar-refractivity contribution >= 4 is 21.8 Å². The first kappa shape index (κ1) is 23.5. The highest BCUT2D eigenvalue weighted by molar-refractivity contribution is 7.89. The van der Waals surface area contributed by atoms with Crippen LogP contribution in [-0.2, 0) is 14.8 Å². The van der Waals surface area contributed by atoms with E-state index in [0.29, 0.717) is 70.1 Å². The van der Waals surface area contributed by atoms with Crippen molar-refractivity contribution in [3.05, 3.63) is 30.5 Å². The first-order chi connectivity index (χ1) is 16.0. The molecule has 33 heavy (non-hydrogen) atoms. The van der Waals surface area contributed by atoms with Crippen LogP contribution in [0.5, 0.6) is 11.5 Å². The van der Waals surface area contributed by atoms with Gasteiger partial charge in [0.15, 0.2) is 0 Å². The molecule has 0 N–H and O–H groups in total. The van der Waals surface area contributed by atoms with Crippen LogP contribution >= 0.6 is 0 Å². The smallest absolute Gasteiger partial charge is 0.247 e. The number of anilines is 2. The lowest BCUT2D eigenvalue weighted by atomic mass is 10.3. The SMILES string of the molecule is CCOc1ccc(OCC)c(S(=O)(=O)N2CCN(c3ccnc(N4CCOCC4)n3)CC2)c1. The molecule has 0 unspecified atom stereocenters. The lowest BCUT2D eigenvalue weighted by molar-refractivity contribution is 0.122. The summed E-state index contributed by atoms with van der Waals surface area (Å²) < 4.78 is 45.0. The van der Waals surface area contributed by atoms with E-state index in [4.69, 9.17) is 19.2 Å². The van der Waals surface area contributed by atoms with Gasteiger partial charge in [-0.25, -0.2) is 13.4 Å². The Morgan fingerprint density at radius 2 is 1.67 bits per heavy atom. The minimum Gasteiger partial charge on any atom is -0.494 e. The van der Waals surface area contributed by atoms with Gasteiger partial charge < -0.3 is 24.0 Å². The number of ether oxygens (including phenoxy) is 3. The average molecular weight is 478 g/mol. The molecule has 2 aromatic rings. The molecule has 180 valence electrons. The Labute approximate surface area is 195 Å². The van der Waals surface area contributed by atoms with E-state index < -0.39 is 10.0 Å². The zero-order chi connectivity index (χ0) is 23.3. The second-order valence-electron chi connectivity index (χ2n) is 7.68. The van der Waals surface area contributed by atoms with Crippen molar-refractivity contribution in [2.45, 2.75) is 18.7 Å². The Balaban J connectivity index is 1.48. The molecular weight excluding hydrogens is 446 g/mol. The third-order valence-corrected chi connectivity index (χ3v) is 7.55. The fourth-order valence-electron chi connectivity index (χ4n) is 3.95. The number of hydrogen-bond donors (Lipinski definition) is 0. The Morgan fingerprint density at radius 3 is 2.36 bits per heavy atom. The van der Waals surface area contributed by atoms with E-state index in [1.807, 2.05) is 19.9 Å². The predicted molar refractivity (Wildman–Crippen MR) is 125 cm³/mol. The number of aromatic nitrogens is 2. The average Bonchev–Trinajstić information content (AvgIpc) is 2.86. The predicted octanol–water partition coefficient (Wildman–Crippen LogP) is 1.62. The number of sulfonamides is 1. The molecule has 0 radical (unpaired) electrons. The Kier molecular flexibility index (Phi) is 7.51. The molecule has 2 aliphatic rings.